The average molecular weight is 277 g/mol. The van der Waals surface area contributed by atoms with E-state index >= 15 is 0 Å². The highest BCUT2D eigenvalue weighted by molar-refractivity contribution is 5.30. The van der Waals surface area contributed by atoms with Crippen LogP contribution in [-0.4, -0.2) is 22.6 Å². The van der Waals surface area contributed by atoms with Crippen molar-refractivity contribution < 1.29 is 13.5 Å². The van der Waals surface area contributed by atoms with Gasteiger partial charge in [0.25, 0.3) is 0 Å². The molecule has 1 aliphatic heterocycles. The Bertz CT molecular complexity index is 594. The molecule has 2 heterocycles. The van der Waals surface area contributed by atoms with Crippen molar-refractivity contribution in [1.82, 2.24) is 9.97 Å². The first-order valence-corrected chi connectivity index (χ1v) is 6.34. The molecule has 0 radical (unpaired) electrons. The minimum Gasteiger partial charge on any atom is -0.371 e. The number of rotatable bonds is 3. The second kappa shape index (κ2) is 5.50. The van der Waals surface area contributed by atoms with Crippen LogP contribution in [0.2, 0.25) is 0 Å². The first kappa shape index (κ1) is 12.9. The van der Waals surface area contributed by atoms with Crippen molar-refractivity contribution in [2.45, 2.75) is 18.6 Å². The van der Waals surface area contributed by atoms with Gasteiger partial charge in [-0.05, 0) is 30.2 Å². The highest BCUT2D eigenvalue weighted by atomic mass is 19.2. The lowest BCUT2D eigenvalue weighted by atomic mass is 10.0. The number of nitrogens with zero attached hydrogens (tertiary/aromatic N) is 2. The molecule has 20 heavy (non-hydrogen) atoms. The minimum absolute atomic E-state index is 0.0674. The van der Waals surface area contributed by atoms with Crippen LogP contribution in [0.15, 0.2) is 36.7 Å². The monoisotopic (exact) mass is 277 g/mol. The highest BCUT2D eigenvalue weighted by Gasteiger charge is 2.30. The van der Waals surface area contributed by atoms with Crippen LogP contribution < -0.4 is 5.32 Å². The Hall–Kier alpha value is -2.08. The molecule has 4 nitrogen and oxygen atoms in total. The first-order chi connectivity index (χ1) is 9.74. The largest absolute Gasteiger partial charge is 0.371 e. The number of halogens is 2. The van der Waals surface area contributed by atoms with E-state index in [1.165, 1.54) is 12.1 Å². The quantitative estimate of drug-likeness (QED) is 0.937. The second-order valence-corrected chi connectivity index (χ2v) is 4.58. The zero-order valence-electron chi connectivity index (χ0n) is 10.6. The van der Waals surface area contributed by atoms with E-state index in [4.69, 9.17) is 4.74 Å². The van der Waals surface area contributed by atoms with Gasteiger partial charge in [-0.15, -0.1) is 0 Å². The number of anilines is 1. The van der Waals surface area contributed by atoms with Crippen molar-refractivity contribution in [3.63, 3.8) is 0 Å². The molecule has 1 aromatic heterocycles. The van der Waals surface area contributed by atoms with Gasteiger partial charge in [0.1, 0.15) is 6.10 Å². The van der Waals surface area contributed by atoms with E-state index in [2.05, 4.69) is 15.3 Å². The molecule has 1 aliphatic rings. The number of benzene rings is 1. The third kappa shape index (κ3) is 2.60. The molecular formula is C14H13F2N3O. The van der Waals surface area contributed by atoms with Crippen LogP contribution in [0.1, 0.15) is 18.1 Å². The van der Waals surface area contributed by atoms with Crippen LogP contribution in [-0.2, 0) is 4.74 Å². The Morgan fingerprint density at radius 2 is 1.95 bits per heavy atom. The molecule has 104 valence electrons. The molecule has 6 heteroatoms. The van der Waals surface area contributed by atoms with Gasteiger partial charge in [0, 0.05) is 19.0 Å². The fourth-order valence-electron chi connectivity index (χ4n) is 2.29. The molecule has 0 spiro atoms. The molecule has 0 bridgehead atoms. The topological polar surface area (TPSA) is 47.0 Å². The van der Waals surface area contributed by atoms with Gasteiger partial charge in [-0.2, -0.15) is 0 Å². The molecule has 1 N–H and O–H groups in total. The smallest absolute Gasteiger partial charge is 0.222 e. The maximum Gasteiger partial charge on any atom is 0.222 e. The normalized spacial score (nSPS) is 21.9. The van der Waals surface area contributed by atoms with Crippen molar-refractivity contribution in [3.05, 3.63) is 53.9 Å². The third-order valence-corrected chi connectivity index (χ3v) is 3.24. The van der Waals surface area contributed by atoms with Crippen LogP contribution in [0.3, 0.4) is 0 Å². The number of aromatic nitrogens is 2. The molecule has 2 aromatic rings. The minimum atomic E-state index is -0.868. The Morgan fingerprint density at radius 3 is 2.70 bits per heavy atom. The summed E-state index contributed by atoms with van der Waals surface area (Å²) in [5.74, 6) is -1.23. The predicted octanol–water partition coefficient (Wildman–Crippen LogP) is 2.70. The maximum atomic E-state index is 13.3. The van der Waals surface area contributed by atoms with Gasteiger partial charge in [0.05, 0.1) is 6.04 Å². The Kier molecular flexibility index (Phi) is 3.56. The van der Waals surface area contributed by atoms with E-state index in [-0.39, 0.29) is 12.1 Å². The van der Waals surface area contributed by atoms with E-state index in [1.807, 2.05) is 0 Å². The van der Waals surface area contributed by atoms with Gasteiger partial charge in [0.2, 0.25) is 5.95 Å². The summed E-state index contributed by atoms with van der Waals surface area (Å²) in [4.78, 5) is 8.18. The summed E-state index contributed by atoms with van der Waals surface area (Å²) in [6.45, 7) is 0.550. The Balaban J connectivity index is 1.80. The first-order valence-electron chi connectivity index (χ1n) is 6.34. The molecule has 2 atom stereocenters. The Morgan fingerprint density at radius 1 is 1.15 bits per heavy atom. The van der Waals surface area contributed by atoms with Crippen molar-refractivity contribution in [1.29, 1.82) is 0 Å². The molecule has 0 aliphatic carbocycles. The van der Waals surface area contributed by atoms with Gasteiger partial charge in [-0.1, -0.05) is 6.07 Å². The number of nitrogens with one attached hydrogen (secondary N) is 1. The van der Waals surface area contributed by atoms with Crippen molar-refractivity contribution in [2.24, 2.45) is 0 Å². The van der Waals surface area contributed by atoms with E-state index in [9.17, 15) is 8.78 Å². The fourth-order valence-corrected chi connectivity index (χ4v) is 2.29. The van der Waals surface area contributed by atoms with Crippen LogP contribution in [0.25, 0.3) is 0 Å². The number of hydrogen-bond donors (Lipinski definition) is 1. The second-order valence-electron chi connectivity index (χ2n) is 4.58. The fraction of sp³-hybridized carbons (Fsp3) is 0.286. The zero-order chi connectivity index (χ0) is 13.9. The van der Waals surface area contributed by atoms with E-state index in [1.54, 1.807) is 18.5 Å². The number of ether oxygens (including phenoxy) is 1. The van der Waals surface area contributed by atoms with Gasteiger partial charge in [-0.3, -0.25) is 0 Å². The average Bonchev–Trinajstić information content (AvgIpc) is 2.91. The van der Waals surface area contributed by atoms with Crippen molar-refractivity contribution in [3.8, 4) is 0 Å². The SMILES string of the molecule is Fc1ccc(C2OCCC2Nc2ncccn2)cc1F. The predicted molar refractivity (Wildman–Crippen MR) is 69.1 cm³/mol. The molecule has 2 unspecified atom stereocenters. The summed E-state index contributed by atoms with van der Waals surface area (Å²) in [7, 11) is 0. The lowest BCUT2D eigenvalue weighted by Gasteiger charge is -2.20. The molecule has 1 saturated heterocycles. The Labute approximate surface area is 114 Å². The summed E-state index contributed by atoms with van der Waals surface area (Å²) >= 11 is 0. The van der Waals surface area contributed by atoms with Crippen LogP contribution in [0.5, 0.6) is 0 Å². The highest BCUT2D eigenvalue weighted by Crippen LogP contribution is 2.31. The summed E-state index contributed by atoms with van der Waals surface area (Å²) < 4.78 is 31.9. The summed E-state index contributed by atoms with van der Waals surface area (Å²) in [6.07, 6.45) is 3.69. The summed E-state index contributed by atoms with van der Waals surface area (Å²) in [5.41, 5.74) is 0.606. The molecular weight excluding hydrogens is 264 g/mol. The summed E-state index contributed by atoms with van der Waals surface area (Å²) in [5, 5.41) is 3.16. The van der Waals surface area contributed by atoms with Crippen molar-refractivity contribution in [2.75, 3.05) is 11.9 Å². The van der Waals surface area contributed by atoms with Crippen molar-refractivity contribution >= 4 is 5.95 Å². The van der Waals surface area contributed by atoms with Gasteiger partial charge < -0.3 is 10.1 Å². The van der Waals surface area contributed by atoms with Crippen LogP contribution >= 0.6 is 0 Å². The lowest BCUT2D eigenvalue weighted by Crippen LogP contribution is -2.24. The molecule has 0 amide bonds. The van der Waals surface area contributed by atoms with E-state index in [0.29, 0.717) is 18.1 Å². The van der Waals surface area contributed by atoms with Crippen LogP contribution in [0.4, 0.5) is 14.7 Å². The summed E-state index contributed by atoms with van der Waals surface area (Å²) in [6, 6.07) is 5.48. The van der Waals surface area contributed by atoms with E-state index < -0.39 is 11.6 Å². The van der Waals surface area contributed by atoms with Gasteiger partial charge in [-0.25, -0.2) is 18.7 Å². The van der Waals surface area contributed by atoms with Gasteiger partial charge in [0.15, 0.2) is 11.6 Å². The lowest BCUT2D eigenvalue weighted by molar-refractivity contribution is 0.107. The van der Waals surface area contributed by atoms with Gasteiger partial charge >= 0.3 is 0 Å². The molecule has 3 rings (SSSR count). The third-order valence-electron chi connectivity index (χ3n) is 3.24. The standard InChI is InChI=1S/C14H13F2N3O/c15-10-3-2-9(8-11(10)16)13-12(4-7-20-13)19-14-17-5-1-6-18-14/h1-3,5-6,8,12-13H,4,7H2,(H,17,18,19). The molecule has 0 saturated carbocycles. The number of hydrogen-bond acceptors (Lipinski definition) is 4. The molecule has 1 fully saturated rings. The van der Waals surface area contributed by atoms with Crippen LogP contribution in [0, 0.1) is 11.6 Å². The molecule has 1 aromatic carbocycles. The van der Waals surface area contributed by atoms with E-state index in [0.717, 1.165) is 12.5 Å². The zero-order valence-corrected chi connectivity index (χ0v) is 10.6. The maximum absolute atomic E-state index is 13.3.